The number of nitrogen functional groups attached to an aromatic ring is 1. The van der Waals surface area contributed by atoms with Crippen LogP contribution in [0.4, 0.5) is 5.69 Å². The molecular weight excluding hydrogens is 434 g/mol. The fraction of sp³-hybridized carbons (Fsp3) is 0.414. The molecule has 1 amide bonds. The van der Waals surface area contributed by atoms with Crippen LogP contribution in [0.5, 0.6) is 0 Å². The topological polar surface area (TPSA) is 84.1 Å². The number of aryl methyl sites for hydroxylation is 1. The van der Waals surface area contributed by atoms with Crippen molar-refractivity contribution in [2.75, 3.05) is 12.8 Å². The number of pyridine rings is 2. The number of para-hydroxylation sites is 1. The number of anilines is 1. The normalized spacial score (nSPS) is 17.8. The van der Waals surface area contributed by atoms with Crippen molar-refractivity contribution in [2.24, 2.45) is 0 Å². The standard InChI is InChI=1S/C29H37N5O/c1-19-9-7-10-20(25(19)30)15-22-12-13-24(21-11-8-14-31-18-21)26(32-22)27(35)33-23-16-28(2,3)34(6)29(4,5)17-23/h7-14,18,23H,15-17,30H2,1-6H3,(H,33,35). The molecule has 1 fully saturated rings. The maximum atomic E-state index is 13.7. The average Bonchev–Trinajstić information content (AvgIpc) is 2.80. The van der Waals surface area contributed by atoms with Gasteiger partial charge in [-0.2, -0.15) is 0 Å². The molecule has 4 rings (SSSR count). The largest absolute Gasteiger partial charge is 0.398 e. The predicted octanol–water partition coefficient (Wildman–Crippen LogP) is 5.01. The summed E-state index contributed by atoms with van der Waals surface area (Å²) in [4.78, 5) is 25.2. The van der Waals surface area contributed by atoms with E-state index in [1.807, 2.05) is 49.4 Å². The van der Waals surface area contributed by atoms with Crippen molar-refractivity contribution in [1.82, 2.24) is 20.2 Å². The fourth-order valence-corrected chi connectivity index (χ4v) is 5.34. The van der Waals surface area contributed by atoms with Crippen LogP contribution in [0.1, 0.15) is 67.8 Å². The molecule has 1 aliphatic heterocycles. The van der Waals surface area contributed by atoms with Crippen molar-refractivity contribution in [3.8, 4) is 11.1 Å². The van der Waals surface area contributed by atoms with Crippen LogP contribution in [-0.2, 0) is 6.42 Å². The molecule has 2 aromatic heterocycles. The van der Waals surface area contributed by atoms with Gasteiger partial charge in [0.05, 0.1) is 0 Å². The second-order valence-corrected chi connectivity index (χ2v) is 11.0. The molecule has 3 N–H and O–H groups in total. The summed E-state index contributed by atoms with van der Waals surface area (Å²) >= 11 is 0. The van der Waals surface area contributed by atoms with E-state index in [1.165, 1.54) is 0 Å². The number of carbonyl (C=O) groups is 1. The molecule has 6 nitrogen and oxygen atoms in total. The first-order valence-electron chi connectivity index (χ1n) is 12.3. The number of hydrogen-bond acceptors (Lipinski definition) is 5. The van der Waals surface area contributed by atoms with Gasteiger partial charge in [-0.1, -0.05) is 30.3 Å². The summed E-state index contributed by atoms with van der Waals surface area (Å²) < 4.78 is 0. The van der Waals surface area contributed by atoms with Crippen LogP contribution >= 0.6 is 0 Å². The Balaban J connectivity index is 1.67. The third kappa shape index (κ3) is 5.22. The first-order valence-corrected chi connectivity index (χ1v) is 12.3. The summed E-state index contributed by atoms with van der Waals surface area (Å²) in [5, 5.41) is 3.32. The minimum absolute atomic E-state index is 0.0240. The maximum absolute atomic E-state index is 13.7. The van der Waals surface area contributed by atoms with Gasteiger partial charge in [0.15, 0.2) is 0 Å². The van der Waals surface area contributed by atoms with E-state index in [1.54, 1.807) is 12.4 Å². The number of nitrogens with two attached hydrogens (primary N) is 1. The van der Waals surface area contributed by atoms with Gasteiger partial charge in [-0.3, -0.25) is 14.7 Å². The molecule has 184 valence electrons. The molecule has 1 aromatic carbocycles. The van der Waals surface area contributed by atoms with Crippen LogP contribution in [0.25, 0.3) is 11.1 Å². The molecule has 3 heterocycles. The molecule has 0 radical (unpaired) electrons. The van der Waals surface area contributed by atoms with E-state index in [2.05, 4.69) is 49.9 Å². The second kappa shape index (κ2) is 9.42. The van der Waals surface area contributed by atoms with Crippen molar-refractivity contribution < 1.29 is 4.79 Å². The van der Waals surface area contributed by atoms with Gasteiger partial charge in [0.25, 0.3) is 5.91 Å². The average molecular weight is 472 g/mol. The van der Waals surface area contributed by atoms with Crippen molar-refractivity contribution >= 4 is 11.6 Å². The van der Waals surface area contributed by atoms with Crippen molar-refractivity contribution in [3.05, 3.63) is 77.4 Å². The van der Waals surface area contributed by atoms with Gasteiger partial charge in [0, 0.05) is 58.4 Å². The van der Waals surface area contributed by atoms with Gasteiger partial charge >= 0.3 is 0 Å². The van der Waals surface area contributed by atoms with Gasteiger partial charge in [-0.25, -0.2) is 4.98 Å². The smallest absolute Gasteiger partial charge is 0.270 e. The van der Waals surface area contributed by atoms with E-state index in [0.717, 1.165) is 46.5 Å². The summed E-state index contributed by atoms with van der Waals surface area (Å²) in [6.45, 7) is 10.9. The molecule has 1 aliphatic rings. The highest BCUT2D eigenvalue weighted by Crippen LogP contribution is 2.37. The number of benzene rings is 1. The highest BCUT2D eigenvalue weighted by atomic mass is 16.2. The minimum atomic E-state index is -0.149. The Labute approximate surface area is 209 Å². The Morgan fingerprint density at radius 2 is 1.80 bits per heavy atom. The highest BCUT2D eigenvalue weighted by Gasteiger charge is 2.43. The Morgan fingerprint density at radius 1 is 1.09 bits per heavy atom. The zero-order valence-electron chi connectivity index (χ0n) is 21.7. The molecule has 0 saturated carbocycles. The Kier molecular flexibility index (Phi) is 6.69. The second-order valence-electron chi connectivity index (χ2n) is 11.0. The van der Waals surface area contributed by atoms with Crippen molar-refractivity contribution in [3.63, 3.8) is 0 Å². The molecule has 3 aromatic rings. The SMILES string of the molecule is Cc1cccc(Cc2ccc(-c3cccnc3)c(C(=O)NC3CC(C)(C)N(C)C(C)(C)C3)n2)c1N. The number of likely N-dealkylation sites (tertiary alicyclic amines) is 1. The maximum Gasteiger partial charge on any atom is 0.270 e. The van der Waals surface area contributed by atoms with Gasteiger partial charge in [0.1, 0.15) is 5.69 Å². The summed E-state index contributed by atoms with van der Waals surface area (Å²) in [5.74, 6) is -0.149. The van der Waals surface area contributed by atoms with E-state index in [4.69, 9.17) is 10.7 Å². The van der Waals surface area contributed by atoms with Crippen LogP contribution in [-0.4, -0.2) is 44.9 Å². The summed E-state index contributed by atoms with van der Waals surface area (Å²) in [5.41, 5.74) is 12.0. The minimum Gasteiger partial charge on any atom is -0.398 e. The first-order chi connectivity index (χ1) is 16.5. The van der Waals surface area contributed by atoms with Gasteiger partial charge in [-0.05, 0) is 77.8 Å². The Morgan fingerprint density at radius 3 is 2.46 bits per heavy atom. The summed E-state index contributed by atoms with van der Waals surface area (Å²) in [6.07, 6.45) is 5.82. The van der Waals surface area contributed by atoms with E-state index in [9.17, 15) is 4.79 Å². The lowest BCUT2D eigenvalue weighted by Gasteiger charge is -2.53. The number of nitrogens with zero attached hydrogens (tertiary/aromatic N) is 3. The molecule has 1 saturated heterocycles. The summed E-state index contributed by atoms with van der Waals surface area (Å²) in [7, 11) is 2.17. The lowest BCUT2D eigenvalue weighted by atomic mass is 9.77. The number of amides is 1. The number of carbonyl (C=O) groups excluding carboxylic acids is 1. The predicted molar refractivity (Wildman–Crippen MR) is 142 cm³/mol. The zero-order valence-corrected chi connectivity index (χ0v) is 21.7. The summed E-state index contributed by atoms with van der Waals surface area (Å²) in [6, 6.07) is 13.9. The third-order valence-electron chi connectivity index (χ3n) is 7.57. The molecule has 35 heavy (non-hydrogen) atoms. The van der Waals surface area contributed by atoms with E-state index in [0.29, 0.717) is 12.1 Å². The van der Waals surface area contributed by atoms with E-state index < -0.39 is 0 Å². The lowest BCUT2D eigenvalue weighted by molar-refractivity contribution is -0.0169. The Bertz CT molecular complexity index is 1200. The van der Waals surface area contributed by atoms with Crippen LogP contribution in [0.15, 0.2) is 54.9 Å². The van der Waals surface area contributed by atoms with Crippen LogP contribution < -0.4 is 11.1 Å². The molecule has 0 atom stereocenters. The number of aromatic nitrogens is 2. The van der Waals surface area contributed by atoms with Crippen LogP contribution in [0.3, 0.4) is 0 Å². The molecule has 0 bridgehead atoms. The number of rotatable bonds is 5. The number of hydrogen-bond donors (Lipinski definition) is 2. The van der Waals surface area contributed by atoms with Crippen molar-refractivity contribution in [1.29, 1.82) is 0 Å². The van der Waals surface area contributed by atoms with Gasteiger partial charge in [0.2, 0.25) is 0 Å². The molecular formula is C29H37N5O. The van der Waals surface area contributed by atoms with Crippen LogP contribution in [0, 0.1) is 6.92 Å². The van der Waals surface area contributed by atoms with Gasteiger partial charge in [-0.15, -0.1) is 0 Å². The van der Waals surface area contributed by atoms with E-state index in [-0.39, 0.29) is 23.0 Å². The number of piperidine rings is 1. The monoisotopic (exact) mass is 471 g/mol. The van der Waals surface area contributed by atoms with Gasteiger partial charge < -0.3 is 11.1 Å². The lowest BCUT2D eigenvalue weighted by Crippen LogP contribution is -2.62. The Hall–Kier alpha value is -3.25. The quantitative estimate of drug-likeness (QED) is 0.511. The number of nitrogens with one attached hydrogen (secondary N) is 1. The molecule has 0 aliphatic carbocycles. The fourth-order valence-electron chi connectivity index (χ4n) is 5.34. The third-order valence-corrected chi connectivity index (χ3v) is 7.57. The van der Waals surface area contributed by atoms with Crippen LogP contribution in [0.2, 0.25) is 0 Å². The van der Waals surface area contributed by atoms with Crippen molar-refractivity contribution in [2.45, 2.75) is 71.0 Å². The van der Waals surface area contributed by atoms with E-state index >= 15 is 0 Å². The molecule has 6 heteroatoms. The zero-order chi connectivity index (χ0) is 25.4. The highest BCUT2D eigenvalue weighted by molar-refractivity contribution is 5.99. The molecule has 0 unspecified atom stereocenters. The molecule has 0 spiro atoms. The first kappa shape index (κ1) is 24.9.